The van der Waals surface area contributed by atoms with E-state index < -0.39 is 0 Å². The maximum Gasteiger partial charge on any atom is 0.236 e. The van der Waals surface area contributed by atoms with Crippen molar-refractivity contribution in [2.24, 2.45) is 0 Å². The molecule has 2 rings (SSSR count). The summed E-state index contributed by atoms with van der Waals surface area (Å²) < 4.78 is 7.58. The van der Waals surface area contributed by atoms with Gasteiger partial charge in [-0.1, -0.05) is 6.92 Å². The van der Waals surface area contributed by atoms with Crippen LogP contribution in [-0.2, 0) is 19.5 Å². The Morgan fingerprint density at radius 2 is 2.19 bits per heavy atom. The first-order chi connectivity index (χ1) is 7.83. The Labute approximate surface area is 94.5 Å². The summed E-state index contributed by atoms with van der Waals surface area (Å²) in [5.74, 6) is 1.35. The Kier molecular flexibility index (Phi) is 3.36. The first-order valence-corrected chi connectivity index (χ1v) is 5.43. The molecule has 0 spiro atoms. The Hall–Kier alpha value is -1.62. The van der Waals surface area contributed by atoms with Gasteiger partial charge < -0.3 is 14.3 Å². The van der Waals surface area contributed by atoms with Crippen LogP contribution in [0.2, 0.25) is 0 Å². The monoisotopic (exact) mass is 220 g/mol. The van der Waals surface area contributed by atoms with Gasteiger partial charge in [-0.25, -0.2) is 0 Å². The zero-order chi connectivity index (χ0) is 11.4. The summed E-state index contributed by atoms with van der Waals surface area (Å²) in [6.07, 6.45) is 2.80. The second-order valence-corrected chi connectivity index (χ2v) is 3.60. The molecule has 0 amide bonds. The van der Waals surface area contributed by atoms with Crippen LogP contribution in [0.1, 0.15) is 24.4 Å². The van der Waals surface area contributed by atoms with E-state index in [-0.39, 0.29) is 0 Å². The molecule has 5 heteroatoms. The number of aryl methyl sites for hydroxylation is 1. The Bertz CT molecular complexity index is 446. The fraction of sp³-hybridized carbons (Fsp3) is 0.455. The highest BCUT2D eigenvalue weighted by atomic mass is 16.4. The van der Waals surface area contributed by atoms with Gasteiger partial charge in [0, 0.05) is 24.9 Å². The third-order valence-corrected chi connectivity index (χ3v) is 2.40. The van der Waals surface area contributed by atoms with Gasteiger partial charge in [0.05, 0.1) is 0 Å². The van der Waals surface area contributed by atoms with Crippen molar-refractivity contribution in [1.82, 2.24) is 20.1 Å². The standard InChI is InChI=1S/C11H16N4O/c1-3-10-13-14-11(16-10)8-15-6-4-5-9(15)7-12-2/h4-6,12H,3,7-8H2,1-2H3. The zero-order valence-corrected chi connectivity index (χ0v) is 9.60. The minimum absolute atomic E-state index is 0.636. The minimum atomic E-state index is 0.636. The normalized spacial score (nSPS) is 10.9. The van der Waals surface area contributed by atoms with E-state index in [2.05, 4.69) is 26.1 Å². The highest BCUT2D eigenvalue weighted by Gasteiger charge is 2.06. The molecule has 0 aliphatic carbocycles. The van der Waals surface area contributed by atoms with Crippen molar-refractivity contribution in [1.29, 1.82) is 0 Å². The molecule has 0 aliphatic heterocycles. The van der Waals surface area contributed by atoms with E-state index in [9.17, 15) is 0 Å². The van der Waals surface area contributed by atoms with E-state index in [0.717, 1.165) is 13.0 Å². The molecule has 0 aromatic carbocycles. The lowest BCUT2D eigenvalue weighted by atomic mass is 10.4. The highest BCUT2D eigenvalue weighted by molar-refractivity contribution is 5.08. The fourth-order valence-corrected chi connectivity index (χ4v) is 1.59. The van der Waals surface area contributed by atoms with Crippen LogP contribution >= 0.6 is 0 Å². The zero-order valence-electron chi connectivity index (χ0n) is 9.60. The van der Waals surface area contributed by atoms with Crippen LogP contribution in [0.25, 0.3) is 0 Å². The second kappa shape index (κ2) is 4.94. The van der Waals surface area contributed by atoms with Gasteiger partial charge in [0.1, 0.15) is 6.54 Å². The Morgan fingerprint density at radius 3 is 2.88 bits per heavy atom. The predicted molar refractivity (Wildman–Crippen MR) is 60.0 cm³/mol. The van der Waals surface area contributed by atoms with E-state index in [1.54, 1.807) is 0 Å². The molecular weight excluding hydrogens is 204 g/mol. The van der Waals surface area contributed by atoms with Crippen molar-refractivity contribution in [2.45, 2.75) is 26.4 Å². The lowest BCUT2D eigenvalue weighted by Gasteiger charge is -2.05. The Balaban J connectivity index is 2.10. The lowest BCUT2D eigenvalue weighted by Crippen LogP contribution is -2.11. The van der Waals surface area contributed by atoms with E-state index in [0.29, 0.717) is 18.3 Å². The van der Waals surface area contributed by atoms with E-state index in [4.69, 9.17) is 4.42 Å². The third kappa shape index (κ3) is 2.30. The molecule has 16 heavy (non-hydrogen) atoms. The summed E-state index contributed by atoms with van der Waals surface area (Å²) >= 11 is 0. The van der Waals surface area contributed by atoms with E-state index in [1.165, 1.54) is 5.69 Å². The van der Waals surface area contributed by atoms with Gasteiger partial charge in [0.15, 0.2) is 0 Å². The van der Waals surface area contributed by atoms with Crippen LogP contribution in [0.5, 0.6) is 0 Å². The van der Waals surface area contributed by atoms with Gasteiger partial charge in [-0.2, -0.15) is 0 Å². The van der Waals surface area contributed by atoms with Crippen molar-refractivity contribution in [3.63, 3.8) is 0 Å². The smallest absolute Gasteiger partial charge is 0.236 e. The highest BCUT2D eigenvalue weighted by Crippen LogP contribution is 2.07. The molecule has 86 valence electrons. The van der Waals surface area contributed by atoms with E-state index in [1.807, 2.05) is 26.2 Å². The van der Waals surface area contributed by atoms with Crippen molar-refractivity contribution in [2.75, 3.05) is 7.05 Å². The molecule has 0 saturated carbocycles. The summed E-state index contributed by atoms with van der Waals surface area (Å²) in [4.78, 5) is 0. The van der Waals surface area contributed by atoms with Crippen LogP contribution in [0.4, 0.5) is 0 Å². The largest absolute Gasteiger partial charge is 0.423 e. The topological polar surface area (TPSA) is 55.9 Å². The summed E-state index contributed by atoms with van der Waals surface area (Å²) in [7, 11) is 1.93. The van der Waals surface area contributed by atoms with Gasteiger partial charge in [-0.05, 0) is 19.2 Å². The quantitative estimate of drug-likeness (QED) is 0.822. The molecule has 0 fully saturated rings. The van der Waals surface area contributed by atoms with Gasteiger partial charge in [-0.3, -0.25) is 0 Å². The van der Waals surface area contributed by atoms with Crippen LogP contribution in [0.3, 0.4) is 0 Å². The number of hydrogen-bond acceptors (Lipinski definition) is 4. The average molecular weight is 220 g/mol. The number of aromatic nitrogens is 3. The summed E-state index contributed by atoms with van der Waals surface area (Å²) in [6, 6.07) is 4.09. The fourth-order valence-electron chi connectivity index (χ4n) is 1.59. The molecule has 0 radical (unpaired) electrons. The second-order valence-electron chi connectivity index (χ2n) is 3.60. The molecule has 2 heterocycles. The maximum atomic E-state index is 5.48. The van der Waals surface area contributed by atoms with Crippen LogP contribution < -0.4 is 5.32 Å². The van der Waals surface area contributed by atoms with Crippen molar-refractivity contribution < 1.29 is 4.42 Å². The predicted octanol–water partition coefficient (Wildman–Crippen LogP) is 1.20. The van der Waals surface area contributed by atoms with Gasteiger partial charge in [0.25, 0.3) is 0 Å². The molecule has 2 aromatic heterocycles. The Morgan fingerprint density at radius 1 is 1.38 bits per heavy atom. The van der Waals surface area contributed by atoms with Crippen molar-refractivity contribution in [3.05, 3.63) is 35.8 Å². The SMILES string of the molecule is CCc1nnc(Cn2cccc2CNC)o1. The van der Waals surface area contributed by atoms with Crippen molar-refractivity contribution in [3.8, 4) is 0 Å². The maximum absolute atomic E-state index is 5.48. The number of rotatable bonds is 5. The van der Waals surface area contributed by atoms with E-state index >= 15 is 0 Å². The molecule has 0 bridgehead atoms. The van der Waals surface area contributed by atoms with Gasteiger partial charge in [0.2, 0.25) is 11.8 Å². The number of hydrogen-bond donors (Lipinski definition) is 1. The summed E-state index contributed by atoms with van der Waals surface area (Å²) in [6.45, 7) is 3.47. The van der Waals surface area contributed by atoms with Crippen LogP contribution in [0.15, 0.2) is 22.7 Å². The number of nitrogens with one attached hydrogen (secondary N) is 1. The summed E-state index contributed by atoms with van der Waals surface area (Å²) in [5, 5.41) is 11.1. The first kappa shape index (κ1) is 10.9. The molecule has 0 aliphatic rings. The molecule has 2 aromatic rings. The van der Waals surface area contributed by atoms with Gasteiger partial charge >= 0.3 is 0 Å². The van der Waals surface area contributed by atoms with Crippen LogP contribution in [0, 0.1) is 0 Å². The molecule has 5 nitrogen and oxygen atoms in total. The summed E-state index contributed by atoms with van der Waals surface area (Å²) in [5.41, 5.74) is 1.21. The van der Waals surface area contributed by atoms with Gasteiger partial charge in [-0.15, -0.1) is 10.2 Å². The van der Waals surface area contributed by atoms with Crippen molar-refractivity contribution >= 4 is 0 Å². The van der Waals surface area contributed by atoms with Crippen LogP contribution in [-0.4, -0.2) is 21.8 Å². The molecular formula is C11H16N4O. The molecule has 0 unspecified atom stereocenters. The molecule has 0 saturated heterocycles. The third-order valence-electron chi connectivity index (χ3n) is 2.40. The minimum Gasteiger partial charge on any atom is -0.423 e. The molecule has 0 atom stereocenters. The number of nitrogens with zero attached hydrogens (tertiary/aromatic N) is 3. The first-order valence-electron chi connectivity index (χ1n) is 5.43. The lowest BCUT2D eigenvalue weighted by molar-refractivity contribution is 0.439. The molecule has 1 N–H and O–H groups in total. The average Bonchev–Trinajstić information content (AvgIpc) is 2.90.